The highest BCUT2D eigenvalue weighted by Gasteiger charge is 2.33. The third-order valence-corrected chi connectivity index (χ3v) is 9.09. The van der Waals surface area contributed by atoms with Crippen LogP contribution in [0.5, 0.6) is 11.5 Å². The van der Waals surface area contributed by atoms with Crippen LogP contribution in [0.2, 0.25) is 0 Å². The summed E-state index contributed by atoms with van der Waals surface area (Å²) in [6.45, 7) is 4.51. The number of hydrogen-bond acceptors (Lipinski definition) is 4. The number of aryl methyl sites for hydroxylation is 2. The Bertz CT molecular complexity index is 1520. The summed E-state index contributed by atoms with van der Waals surface area (Å²) in [7, 11) is 2.13. The second-order valence-corrected chi connectivity index (χ2v) is 11.6. The topological polar surface area (TPSA) is 71.0 Å². The molecule has 2 aromatic heterocycles. The Labute approximate surface area is 241 Å². The summed E-state index contributed by atoms with van der Waals surface area (Å²) in [5.74, 6) is 2.06. The number of ether oxygens (including phenoxy) is 2. The minimum absolute atomic E-state index is 0. The third-order valence-electron chi connectivity index (χ3n) is 9.09. The lowest BCUT2D eigenvalue weighted by atomic mass is 9.85. The van der Waals surface area contributed by atoms with E-state index in [-0.39, 0.29) is 29.8 Å². The molecule has 3 heterocycles. The largest absolute Gasteiger partial charge is 0.486 e. The summed E-state index contributed by atoms with van der Waals surface area (Å²) in [6.07, 6.45) is 8.35. The zero-order valence-electron chi connectivity index (χ0n) is 23.3. The van der Waals surface area contributed by atoms with E-state index in [1.54, 1.807) is 12.1 Å². The van der Waals surface area contributed by atoms with Crippen molar-refractivity contribution in [2.45, 2.75) is 64.0 Å². The molecule has 2 aliphatic carbocycles. The van der Waals surface area contributed by atoms with Crippen molar-refractivity contribution in [2.24, 2.45) is 13.0 Å². The van der Waals surface area contributed by atoms with Crippen molar-refractivity contribution in [3.05, 3.63) is 65.2 Å². The molecule has 40 heavy (non-hydrogen) atoms. The van der Waals surface area contributed by atoms with Crippen LogP contribution in [0.15, 0.2) is 42.5 Å². The molecule has 0 spiro atoms. The third kappa shape index (κ3) is 5.15. The van der Waals surface area contributed by atoms with E-state index in [4.69, 9.17) is 9.47 Å². The molecule has 1 saturated carbocycles. The van der Waals surface area contributed by atoms with E-state index in [2.05, 4.69) is 27.6 Å². The van der Waals surface area contributed by atoms with Gasteiger partial charge in [0.1, 0.15) is 18.5 Å². The number of halogens is 2. The summed E-state index contributed by atoms with van der Waals surface area (Å²) in [5.41, 5.74) is 5.83. The van der Waals surface area contributed by atoms with Crippen molar-refractivity contribution in [3.63, 3.8) is 0 Å². The molecule has 214 valence electrons. The molecular weight excluding hydrogens is 529 g/mol. The molecule has 2 atom stereocenters. The number of pyridine rings is 1. The van der Waals surface area contributed by atoms with Crippen molar-refractivity contribution in [3.8, 4) is 11.5 Å². The molecule has 1 aliphatic heterocycles. The smallest absolute Gasteiger partial charge is 0.171 e. The van der Waals surface area contributed by atoms with Crippen molar-refractivity contribution in [1.82, 2.24) is 14.5 Å². The highest BCUT2D eigenvalue weighted by molar-refractivity contribution is 5.88. The van der Waals surface area contributed by atoms with E-state index in [0.717, 1.165) is 64.9 Å². The Balaban J connectivity index is 0.00000161. The summed E-state index contributed by atoms with van der Waals surface area (Å²) < 4.78 is 29.3. The predicted octanol–water partition coefficient (Wildman–Crippen LogP) is 5.96. The molecule has 6 nitrogen and oxygen atoms in total. The van der Waals surface area contributed by atoms with E-state index in [1.165, 1.54) is 43.4 Å². The van der Waals surface area contributed by atoms with E-state index in [9.17, 15) is 4.39 Å². The lowest BCUT2D eigenvalue weighted by Crippen LogP contribution is -2.47. The molecule has 8 heteroatoms. The predicted molar refractivity (Wildman–Crippen MR) is 159 cm³/mol. The monoisotopic (exact) mass is 567 g/mol. The summed E-state index contributed by atoms with van der Waals surface area (Å²) in [4.78, 5) is 7.38. The average molecular weight is 568 g/mol. The maximum atomic E-state index is 14.2. The van der Waals surface area contributed by atoms with Crippen molar-refractivity contribution in [2.75, 3.05) is 19.7 Å². The number of fused-ring (bicyclic) bond motifs is 6. The quantitative estimate of drug-likeness (QED) is 0.298. The second kappa shape index (κ2) is 11.6. The fourth-order valence-electron chi connectivity index (χ4n) is 7.18. The van der Waals surface area contributed by atoms with E-state index >= 15 is 0 Å². The molecular formula is C32H39ClFN3O3. The summed E-state index contributed by atoms with van der Waals surface area (Å²) >= 11 is 0. The minimum Gasteiger partial charge on any atom is -0.486 e. The van der Waals surface area contributed by atoms with Gasteiger partial charge in [0.25, 0.3) is 0 Å². The minimum atomic E-state index is -0.145. The zero-order chi connectivity index (χ0) is 25.8. The van der Waals surface area contributed by atoms with Crippen molar-refractivity contribution < 1.29 is 19.3 Å². The molecule has 2 aromatic carbocycles. The van der Waals surface area contributed by atoms with Gasteiger partial charge < -0.3 is 19.5 Å². The summed E-state index contributed by atoms with van der Waals surface area (Å²) in [6, 6.07) is 14.0. The molecule has 1 unspecified atom stereocenters. The number of hydrogen-bond donors (Lipinski definition) is 0. The van der Waals surface area contributed by atoms with Crippen LogP contribution in [0.4, 0.5) is 4.39 Å². The zero-order valence-corrected chi connectivity index (χ0v) is 24.1. The first-order valence-corrected chi connectivity index (χ1v) is 14.2. The lowest BCUT2D eigenvalue weighted by molar-refractivity contribution is 0.0397. The molecule has 3 aliphatic rings. The number of benzene rings is 2. The van der Waals surface area contributed by atoms with E-state index in [1.807, 2.05) is 31.2 Å². The van der Waals surface area contributed by atoms with Crippen LogP contribution in [-0.4, -0.2) is 51.8 Å². The fraction of sp³-hybridized carbons (Fsp3) is 0.469. The first-order chi connectivity index (χ1) is 18.5. The standard InChI is InChI=1S/C32H36FN3O2.ClH.H2O/c1-20-7-10-25-28(34-20)11-14-31-32(25)38-24(19-37-31)18-36(23-5-3-4-6-23)17-21-8-12-29-26(15-21)27-16-22(33)9-13-30(27)35(29)2;;/h7,9-11,13-14,16,21,23-24H,3-6,8,12,15,17-19H2,1-2H3;1H;1H2/t21?,24-;;/m0../s1. The van der Waals surface area contributed by atoms with E-state index in [0.29, 0.717) is 18.6 Å². The Hall–Kier alpha value is -2.87. The molecule has 0 radical (unpaired) electrons. The van der Waals surface area contributed by atoms with Gasteiger partial charge in [-0.3, -0.25) is 9.88 Å². The SMILES string of the molecule is Cc1ccc2c3c(ccc2n1)OC[C@H](CN(CC1CCc2c(c4cc(F)ccc4n2C)C1)C1CCCC1)O3.Cl.O. The Morgan fingerprint density at radius 3 is 2.67 bits per heavy atom. The Kier molecular flexibility index (Phi) is 8.27. The fourth-order valence-corrected chi connectivity index (χ4v) is 7.18. The van der Waals surface area contributed by atoms with Gasteiger partial charge in [0.15, 0.2) is 11.5 Å². The van der Waals surface area contributed by atoms with Gasteiger partial charge in [-0.15, -0.1) is 12.4 Å². The lowest BCUT2D eigenvalue weighted by Gasteiger charge is -2.37. The van der Waals surface area contributed by atoms with Crippen LogP contribution < -0.4 is 9.47 Å². The normalized spacial score (nSPS) is 20.4. The van der Waals surface area contributed by atoms with Crippen LogP contribution in [0.3, 0.4) is 0 Å². The molecule has 4 aromatic rings. The maximum Gasteiger partial charge on any atom is 0.171 e. The van der Waals surface area contributed by atoms with Crippen LogP contribution in [0.25, 0.3) is 21.8 Å². The highest BCUT2D eigenvalue weighted by Crippen LogP contribution is 2.39. The molecule has 1 fully saturated rings. The number of nitrogens with zero attached hydrogens (tertiary/aromatic N) is 3. The average Bonchev–Trinajstić information content (AvgIpc) is 3.55. The van der Waals surface area contributed by atoms with E-state index < -0.39 is 0 Å². The molecule has 0 bridgehead atoms. The van der Waals surface area contributed by atoms with Gasteiger partial charge in [0, 0.05) is 53.9 Å². The Morgan fingerprint density at radius 2 is 1.85 bits per heavy atom. The van der Waals surface area contributed by atoms with Gasteiger partial charge in [-0.25, -0.2) is 4.39 Å². The maximum absolute atomic E-state index is 14.2. The van der Waals surface area contributed by atoms with Gasteiger partial charge in [-0.1, -0.05) is 12.8 Å². The molecule has 0 saturated heterocycles. The first-order valence-electron chi connectivity index (χ1n) is 14.2. The Morgan fingerprint density at radius 1 is 1.02 bits per heavy atom. The van der Waals surface area contributed by atoms with Crippen LogP contribution in [0, 0.1) is 18.7 Å². The highest BCUT2D eigenvalue weighted by atomic mass is 35.5. The second-order valence-electron chi connectivity index (χ2n) is 11.6. The molecule has 0 amide bonds. The van der Waals surface area contributed by atoms with Gasteiger partial charge in [-0.05, 0) is 93.0 Å². The van der Waals surface area contributed by atoms with Crippen LogP contribution in [0.1, 0.15) is 49.1 Å². The summed E-state index contributed by atoms with van der Waals surface area (Å²) in [5, 5.41) is 2.11. The van der Waals surface area contributed by atoms with Gasteiger partial charge in [0.05, 0.1) is 5.52 Å². The molecule has 2 N–H and O–H groups in total. The van der Waals surface area contributed by atoms with Gasteiger partial charge in [-0.2, -0.15) is 0 Å². The number of aromatic nitrogens is 2. The van der Waals surface area contributed by atoms with Gasteiger partial charge in [0.2, 0.25) is 0 Å². The van der Waals surface area contributed by atoms with Gasteiger partial charge >= 0.3 is 0 Å². The van der Waals surface area contributed by atoms with Crippen LogP contribution >= 0.6 is 12.4 Å². The molecule has 7 rings (SSSR count). The van der Waals surface area contributed by atoms with Crippen LogP contribution in [-0.2, 0) is 19.9 Å². The first kappa shape index (κ1) is 28.7. The van der Waals surface area contributed by atoms with Crippen molar-refractivity contribution >= 4 is 34.2 Å². The number of rotatable bonds is 5. The van der Waals surface area contributed by atoms with Crippen molar-refractivity contribution in [1.29, 1.82) is 0 Å².